The molecule has 2 aromatic rings. The Kier molecular flexibility index (Phi) is 4.68. The van der Waals surface area contributed by atoms with E-state index in [9.17, 15) is 4.79 Å². The lowest BCUT2D eigenvalue weighted by atomic mass is 10.2. The molecule has 5 rings (SSSR count). The van der Waals surface area contributed by atoms with Crippen molar-refractivity contribution in [3.8, 4) is 0 Å². The highest BCUT2D eigenvalue weighted by atomic mass is 32.2. The third kappa shape index (κ3) is 3.63. The molecule has 1 aliphatic heterocycles. The fraction of sp³-hybridized carbons (Fsp3) is 0.550. The molecule has 1 aromatic heterocycles. The topological polar surface area (TPSA) is 51.0 Å². The van der Waals surface area contributed by atoms with Gasteiger partial charge in [-0.3, -0.25) is 4.79 Å². The van der Waals surface area contributed by atoms with Gasteiger partial charge in [-0.1, -0.05) is 30.8 Å². The van der Waals surface area contributed by atoms with Crippen molar-refractivity contribution >= 4 is 35.1 Å². The number of para-hydroxylation sites is 1. The summed E-state index contributed by atoms with van der Waals surface area (Å²) in [5.41, 5.74) is 1.06. The van der Waals surface area contributed by atoms with Crippen molar-refractivity contribution in [2.45, 2.75) is 66.3 Å². The van der Waals surface area contributed by atoms with Crippen LogP contribution in [-0.4, -0.2) is 38.2 Å². The second kappa shape index (κ2) is 7.17. The number of carbonyl (C=O) groups is 1. The molecule has 2 fully saturated rings. The van der Waals surface area contributed by atoms with Crippen molar-refractivity contribution < 1.29 is 4.79 Å². The van der Waals surface area contributed by atoms with E-state index in [-0.39, 0.29) is 5.91 Å². The summed E-state index contributed by atoms with van der Waals surface area (Å²) in [5, 5.41) is 10.3. The number of aromatic nitrogens is 3. The Balaban J connectivity index is 1.33. The number of fused-ring (bicyclic) bond motifs is 1. The first-order valence-corrected chi connectivity index (χ1v) is 11.7. The van der Waals surface area contributed by atoms with E-state index < -0.39 is 0 Å². The van der Waals surface area contributed by atoms with Crippen LogP contribution >= 0.6 is 23.5 Å². The highest BCUT2D eigenvalue weighted by Gasteiger charge is 2.36. The maximum atomic E-state index is 13.1. The Morgan fingerprint density at radius 2 is 2.00 bits per heavy atom. The molecule has 142 valence electrons. The third-order valence-electron chi connectivity index (χ3n) is 5.41. The molecule has 0 N–H and O–H groups in total. The minimum absolute atomic E-state index is 0.167. The molecule has 7 heteroatoms. The van der Waals surface area contributed by atoms with Gasteiger partial charge in [0.25, 0.3) is 0 Å². The lowest BCUT2D eigenvalue weighted by molar-refractivity contribution is -0.116. The smallest absolute Gasteiger partial charge is 0.237 e. The molecule has 2 heterocycles. The number of carbonyl (C=O) groups excluding carboxylic acids is 1. The van der Waals surface area contributed by atoms with E-state index in [1.54, 1.807) is 11.8 Å². The maximum absolute atomic E-state index is 13.1. The quantitative estimate of drug-likeness (QED) is 0.692. The van der Waals surface area contributed by atoms with Crippen molar-refractivity contribution in [2.24, 2.45) is 0 Å². The molecule has 2 aliphatic carbocycles. The second-order valence-corrected chi connectivity index (χ2v) is 10.2. The fourth-order valence-electron chi connectivity index (χ4n) is 3.63. The number of nitrogens with zero attached hydrogens (tertiary/aromatic N) is 4. The third-order valence-corrected chi connectivity index (χ3v) is 7.58. The number of amides is 1. The molecule has 0 radical (unpaired) electrons. The Bertz CT molecular complexity index is 859. The van der Waals surface area contributed by atoms with Crippen LogP contribution < -0.4 is 4.90 Å². The molecule has 2 saturated carbocycles. The molecule has 3 aliphatic rings. The summed E-state index contributed by atoms with van der Waals surface area (Å²) in [6, 6.07) is 8.83. The van der Waals surface area contributed by atoms with E-state index in [0.717, 1.165) is 29.6 Å². The largest absolute Gasteiger partial charge is 0.311 e. The first kappa shape index (κ1) is 17.6. The number of thioether (sulfide) groups is 2. The van der Waals surface area contributed by atoms with Crippen LogP contribution in [0.25, 0.3) is 0 Å². The lowest BCUT2D eigenvalue weighted by Crippen LogP contribution is -2.33. The van der Waals surface area contributed by atoms with Crippen molar-refractivity contribution in [3.05, 3.63) is 30.1 Å². The first-order chi connectivity index (χ1) is 13.2. The summed E-state index contributed by atoms with van der Waals surface area (Å²) in [6.45, 7) is 3.02. The average molecular weight is 401 g/mol. The van der Waals surface area contributed by atoms with E-state index in [1.165, 1.54) is 30.6 Å². The molecule has 1 aromatic carbocycles. The summed E-state index contributed by atoms with van der Waals surface area (Å²) in [5.74, 6) is 2.33. The lowest BCUT2D eigenvalue weighted by Gasteiger charge is -2.22. The predicted molar refractivity (Wildman–Crippen MR) is 110 cm³/mol. The Hall–Kier alpha value is -1.47. The van der Waals surface area contributed by atoms with Crippen LogP contribution in [0.15, 0.2) is 34.3 Å². The molecular formula is C20H24N4OS2. The first-order valence-electron chi connectivity index (χ1n) is 9.84. The highest BCUT2D eigenvalue weighted by molar-refractivity contribution is 8.00. The van der Waals surface area contributed by atoms with Crippen molar-refractivity contribution in [1.29, 1.82) is 0 Å². The molecule has 5 nitrogen and oxygen atoms in total. The van der Waals surface area contributed by atoms with E-state index in [1.807, 2.05) is 22.7 Å². The van der Waals surface area contributed by atoms with E-state index in [0.29, 0.717) is 23.0 Å². The number of rotatable bonds is 5. The number of hydrogen-bond donors (Lipinski definition) is 0. The number of benzene rings is 1. The maximum Gasteiger partial charge on any atom is 0.237 e. The molecule has 1 atom stereocenters. The van der Waals surface area contributed by atoms with Gasteiger partial charge in [0, 0.05) is 28.6 Å². The van der Waals surface area contributed by atoms with Gasteiger partial charge in [0.05, 0.1) is 11.4 Å². The molecule has 0 bridgehead atoms. The van der Waals surface area contributed by atoms with Crippen LogP contribution in [0.1, 0.15) is 56.8 Å². The SMILES string of the molecule is C[C@H]1CCN(C(=O)CSc2nnc(C3CC3)n2C2CC2)c2ccccc2S1. The van der Waals surface area contributed by atoms with Gasteiger partial charge in [-0.2, -0.15) is 0 Å². The Morgan fingerprint density at radius 3 is 2.78 bits per heavy atom. The summed E-state index contributed by atoms with van der Waals surface area (Å²) in [7, 11) is 0. The zero-order valence-corrected chi connectivity index (χ0v) is 17.1. The summed E-state index contributed by atoms with van der Waals surface area (Å²) in [4.78, 5) is 16.3. The van der Waals surface area contributed by atoms with Gasteiger partial charge in [-0.15, -0.1) is 22.0 Å². The molecular weight excluding hydrogens is 376 g/mol. The zero-order chi connectivity index (χ0) is 18.4. The predicted octanol–water partition coefficient (Wildman–Crippen LogP) is 4.50. The van der Waals surface area contributed by atoms with Crippen molar-refractivity contribution in [1.82, 2.24) is 14.8 Å². The van der Waals surface area contributed by atoms with Crippen LogP contribution in [0.3, 0.4) is 0 Å². The van der Waals surface area contributed by atoms with Gasteiger partial charge in [-0.25, -0.2) is 0 Å². The molecule has 0 unspecified atom stereocenters. The number of hydrogen-bond acceptors (Lipinski definition) is 5. The normalized spacial score (nSPS) is 22.4. The Labute approximate surface area is 168 Å². The van der Waals surface area contributed by atoms with Gasteiger partial charge >= 0.3 is 0 Å². The van der Waals surface area contributed by atoms with Crippen molar-refractivity contribution in [3.63, 3.8) is 0 Å². The van der Waals surface area contributed by atoms with Gasteiger partial charge in [0.2, 0.25) is 5.91 Å². The summed E-state index contributed by atoms with van der Waals surface area (Å²) < 4.78 is 2.32. The minimum Gasteiger partial charge on any atom is -0.311 e. The molecule has 1 amide bonds. The van der Waals surface area contributed by atoms with Gasteiger partial charge < -0.3 is 9.47 Å². The second-order valence-electron chi connectivity index (χ2n) is 7.74. The average Bonchev–Trinajstić information content (AvgIpc) is 3.58. The van der Waals surface area contributed by atoms with Crippen LogP contribution in [0.2, 0.25) is 0 Å². The molecule has 27 heavy (non-hydrogen) atoms. The van der Waals surface area contributed by atoms with Crippen LogP contribution in [0.5, 0.6) is 0 Å². The standard InChI is InChI=1S/C20H24N4OS2/c1-13-10-11-23(16-4-2-3-5-17(16)27-13)18(25)12-26-20-22-21-19(14-6-7-14)24(20)15-8-9-15/h2-5,13-15H,6-12H2,1H3/t13-/m0/s1. The van der Waals surface area contributed by atoms with Crippen LogP contribution in [0.4, 0.5) is 5.69 Å². The zero-order valence-electron chi connectivity index (χ0n) is 15.5. The van der Waals surface area contributed by atoms with Gasteiger partial charge in [0.15, 0.2) is 5.16 Å². The van der Waals surface area contributed by atoms with E-state index >= 15 is 0 Å². The van der Waals surface area contributed by atoms with Gasteiger partial charge in [0.1, 0.15) is 5.82 Å². The van der Waals surface area contributed by atoms with Crippen molar-refractivity contribution in [2.75, 3.05) is 17.2 Å². The molecule has 0 saturated heterocycles. The van der Waals surface area contributed by atoms with E-state index in [2.05, 4.69) is 39.9 Å². The fourth-order valence-corrected chi connectivity index (χ4v) is 5.63. The number of anilines is 1. The highest BCUT2D eigenvalue weighted by Crippen LogP contribution is 2.46. The Morgan fingerprint density at radius 1 is 1.19 bits per heavy atom. The summed E-state index contributed by atoms with van der Waals surface area (Å²) in [6.07, 6.45) is 5.91. The summed E-state index contributed by atoms with van der Waals surface area (Å²) >= 11 is 3.43. The van der Waals surface area contributed by atoms with Gasteiger partial charge in [-0.05, 0) is 44.2 Å². The molecule has 0 spiro atoms. The van der Waals surface area contributed by atoms with E-state index in [4.69, 9.17) is 0 Å². The monoisotopic (exact) mass is 400 g/mol. The van der Waals surface area contributed by atoms with Crippen LogP contribution in [-0.2, 0) is 4.79 Å². The minimum atomic E-state index is 0.167. The van der Waals surface area contributed by atoms with Crippen LogP contribution in [0, 0.1) is 0 Å².